The van der Waals surface area contributed by atoms with Gasteiger partial charge in [0.1, 0.15) is 18.4 Å². The number of ether oxygens (including phenoxy) is 1. The fraction of sp³-hybridized carbons (Fsp3) is 0.611. The van der Waals surface area contributed by atoms with Gasteiger partial charge < -0.3 is 14.5 Å². The molecule has 1 N–H and O–H groups in total. The van der Waals surface area contributed by atoms with Gasteiger partial charge in [-0.3, -0.25) is 4.90 Å². The average Bonchev–Trinajstić information content (AvgIpc) is 3.27. The lowest BCUT2D eigenvalue weighted by Gasteiger charge is -2.16. The maximum absolute atomic E-state index is 5.48. The highest BCUT2D eigenvalue weighted by atomic mass is 16.5. The fourth-order valence-electron chi connectivity index (χ4n) is 2.85. The molecule has 1 aliphatic rings. The Bertz CT molecular complexity index is 667. The summed E-state index contributed by atoms with van der Waals surface area (Å²) in [6.07, 6.45) is 4.41. The summed E-state index contributed by atoms with van der Waals surface area (Å²) in [6, 6.07) is 2.03. The Kier molecular flexibility index (Phi) is 5.99. The minimum atomic E-state index is 0.318. The Labute approximate surface area is 148 Å². The monoisotopic (exact) mass is 345 g/mol. The molecule has 1 fully saturated rings. The average molecular weight is 345 g/mol. The van der Waals surface area contributed by atoms with Crippen molar-refractivity contribution in [1.29, 1.82) is 0 Å². The zero-order chi connectivity index (χ0) is 17.6. The number of hydrogen-bond acceptors (Lipinski definition) is 7. The predicted molar refractivity (Wildman–Crippen MR) is 95.6 cm³/mol. The van der Waals surface area contributed by atoms with Crippen molar-refractivity contribution < 1.29 is 9.15 Å². The summed E-state index contributed by atoms with van der Waals surface area (Å²) in [5, 5.41) is 3.37. The predicted octanol–water partition coefficient (Wildman–Crippen LogP) is 2.64. The van der Waals surface area contributed by atoms with Gasteiger partial charge in [-0.25, -0.2) is 15.0 Å². The molecule has 2 aromatic rings. The molecular formula is C18H27N5O2. The van der Waals surface area contributed by atoms with Gasteiger partial charge in [-0.1, -0.05) is 13.8 Å². The molecule has 1 aliphatic heterocycles. The van der Waals surface area contributed by atoms with Gasteiger partial charge in [0, 0.05) is 44.1 Å². The van der Waals surface area contributed by atoms with Crippen molar-refractivity contribution in [1.82, 2.24) is 19.9 Å². The van der Waals surface area contributed by atoms with Crippen LogP contribution in [0.4, 0.5) is 5.82 Å². The van der Waals surface area contributed by atoms with Crippen molar-refractivity contribution in [2.24, 2.45) is 0 Å². The maximum atomic E-state index is 5.48. The Morgan fingerprint density at radius 2 is 2.24 bits per heavy atom. The van der Waals surface area contributed by atoms with Gasteiger partial charge in [0.2, 0.25) is 0 Å². The van der Waals surface area contributed by atoms with Crippen LogP contribution in [-0.4, -0.2) is 53.2 Å². The van der Waals surface area contributed by atoms with E-state index < -0.39 is 0 Å². The zero-order valence-corrected chi connectivity index (χ0v) is 15.2. The van der Waals surface area contributed by atoms with Crippen molar-refractivity contribution >= 4 is 5.82 Å². The maximum Gasteiger partial charge on any atom is 0.196 e. The van der Waals surface area contributed by atoms with Crippen LogP contribution < -0.4 is 5.32 Å². The van der Waals surface area contributed by atoms with Crippen LogP contribution >= 0.6 is 0 Å². The Hall–Kier alpha value is -1.99. The first-order valence-corrected chi connectivity index (χ1v) is 8.88. The Morgan fingerprint density at radius 3 is 2.96 bits per heavy atom. The summed E-state index contributed by atoms with van der Waals surface area (Å²) in [5.74, 6) is 2.38. The van der Waals surface area contributed by atoms with E-state index in [0.29, 0.717) is 11.8 Å². The molecule has 2 aromatic heterocycles. The number of likely N-dealkylation sites (N-methyl/N-ethyl adjacent to an activating group) is 1. The number of rotatable bonds is 8. The Balaban J connectivity index is 1.44. The van der Waals surface area contributed by atoms with E-state index in [1.165, 1.54) is 0 Å². The fourth-order valence-corrected chi connectivity index (χ4v) is 2.85. The largest absolute Gasteiger partial charge is 0.448 e. The minimum absolute atomic E-state index is 0.318. The molecule has 0 saturated carbocycles. The van der Waals surface area contributed by atoms with Crippen molar-refractivity contribution in [3.05, 3.63) is 35.9 Å². The molecule has 0 spiro atoms. The molecule has 0 amide bonds. The third kappa shape index (κ3) is 4.99. The molecule has 0 unspecified atom stereocenters. The van der Waals surface area contributed by atoms with Crippen LogP contribution in [0.2, 0.25) is 0 Å². The first-order chi connectivity index (χ1) is 12.1. The van der Waals surface area contributed by atoms with E-state index in [1.54, 1.807) is 12.6 Å². The van der Waals surface area contributed by atoms with Gasteiger partial charge >= 0.3 is 0 Å². The van der Waals surface area contributed by atoms with E-state index in [4.69, 9.17) is 9.15 Å². The summed E-state index contributed by atoms with van der Waals surface area (Å²) in [5.41, 5.74) is 2.03. The number of aromatic nitrogens is 3. The third-order valence-corrected chi connectivity index (χ3v) is 4.33. The molecule has 0 aliphatic carbocycles. The Morgan fingerprint density at radius 1 is 1.36 bits per heavy atom. The molecule has 3 rings (SSSR count). The second-order valence-corrected chi connectivity index (χ2v) is 6.88. The van der Waals surface area contributed by atoms with Crippen molar-refractivity contribution in [3.63, 3.8) is 0 Å². The van der Waals surface area contributed by atoms with Crippen LogP contribution in [0.5, 0.6) is 0 Å². The highest BCUT2D eigenvalue weighted by Gasteiger charge is 2.19. The van der Waals surface area contributed by atoms with Gasteiger partial charge in [-0.15, -0.1) is 0 Å². The van der Waals surface area contributed by atoms with Crippen LogP contribution in [0.25, 0.3) is 0 Å². The zero-order valence-electron chi connectivity index (χ0n) is 15.2. The van der Waals surface area contributed by atoms with E-state index in [0.717, 1.165) is 62.4 Å². The lowest BCUT2D eigenvalue weighted by molar-refractivity contribution is 0.193. The molecule has 7 nitrogen and oxygen atoms in total. The SMILES string of the molecule is CC(C)c1nc(CN(C)CCNc2cc([C@H]3CCOC3)ncn2)co1. The van der Waals surface area contributed by atoms with Crippen molar-refractivity contribution in [2.75, 3.05) is 38.7 Å². The first-order valence-electron chi connectivity index (χ1n) is 8.88. The van der Waals surface area contributed by atoms with Gasteiger partial charge in [-0.2, -0.15) is 0 Å². The lowest BCUT2D eigenvalue weighted by atomic mass is 10.1. The van der Waals surface area contributed by atoms with Gasteiger partial charge in [0.15, 0.2) is 5.89 Å². The normalized spacial score (nSPS) is 17.6. The summed E-state index contributed by atoms with van der Waals surface area (Å²) in [4.78, 5) is 15.4. The van der Waals surface area contributed by atoms with E-state index in [9.17, 15) is 0 Å². The smallest absolute Gasteiger partial charge is 0.196 e. The van der Waals surface area contributed by atoms with Gasteiger partial charge in [-0.05, 0) is 13.5 Å². The van der Waals surface area contributed by atoms with Crippen LogP contribution in [0.1, 0.15) is 49.4 Å². The van der Waals surface area contributed by atoms with Crippen LogP contribution in [0, 0.1) is 0 Å². The summed E-state index contributed by atoms with van der Waals surface area (Å²) in [6.45, 7) is 8.21. The summed E-state index contributed by atoms with van der Waals surface area (Å²) < 4.78 is 10.9. The standard InChI is InChI=1S/C18H27N5O2/c1-13(2)18-22-15(11-25-18)9-23(3)6-5-19-17-8-16(20-12-21-17)14-4-7-24-10-14/h8,11-14H,4-7,9-10H2,1-3H3,(H,19,20,21)/t14-/m0/s1. The molecule has 1 atom stereocenters. The molecule has 1 saturated heterocycles. The lowest BCUT2D eigenvalue weighted by Crippen LogP contribution is -2.25. The molecule has 0 bridgehead atoms. The molecule has 25 heavy (non-hydrogen) atoms. The van der Waals surface area contributed by atoms with Crippen molar-refractivity contribution in [2.45, 2.75) is 38.6 Å². The minimum Gasteiger partial charge on any atom is -0.448 e. The van der Waals surface area contributed by atoms with Crippen LogP contribution in [0.15, 0.2) is 23.1 Å². The van der Waals surface area contributed by atoms with Crippen molar-refractivity contribution in [3.8, 4) is 0 Å². The number of nitrogens with one attached hydrogen (secondary N) is 1. The van der Waals surface area contributed by atoms with Gasteiger partial charge in [0.25, 0.3) is 0 Å². The second-order valence-electron chi connectivity index (χ2n) is 6.88. The molecule has 0 radical (unpaired) electrons. The number of hydrogen-bond donors (Lipinski definition) is 1. The third-order valence-electron chi connectivity index (χ3n) is 4.33. The van der Waals surface area contributed by atoms with E-state index in [-0.39, 0.29) is 0 Å². The number of anilines is 1. The molecule has 0 aromatic carbocycles. The molecular weight excluding hydrogens is 318 g/mol. The summed E-state index contributed by atoms with van der Waals surface area (Å²) >= 11 is 0. The molecule has 3 heterocycles. The number of oxazole rings is 1. The molecule has 136 valence electrons. The van der Waals surface area contributed by atoms with E-state index in [2.05, 4.69) is 46.1 Å². The van der Waals surface area contributed by atoms with Gasteiger partial charge in [0.05, 0.1) is 18.0 Å². The highest BCUT2D eigenvalue weighted by molar-refractivity contribution is 5.36. The van der Waals surface area contributed by atoms with Crippen LogP contribution in [0.3, 0.4) is 0 Å². The van der Waals surface area contributed by atoms with Crippen LogP contribution in [-0.2, 0) is 11.3 Å². The number of nitrogens with zero attached hydrogens (tertiary/aromatic N) is 4. The second kappa shape index (κ2) is 8.40. The quantitative estimate of drug-likeness (QED) is 0.788. The highest BCUT2D eigenvalue weighted by Crippen LogP contribution is 2.24. The first kappa shape index (κ1) is 17.8. The summed E-state index contributed by atoms with van der Waals surface area (Å²) in [7, 11) is 2.08. The molecule has 7 heteroatoms. The van der Waals surface area contributed by atoms with E-state index >= 15 is 0 Å². The topological polar surface area (TPSA) is 76.3 Å². The van der Waals surface area contributed by atoms with E-state index in [1.807, 2.05) is 6.07 Å².